The molecule has 1 aliphatic carbocycles. The number of rotatable bonds is 1. The van der Waals surface area contributed by atoms with Gasteiger partial charge in [0, 0.05) is 25.5 Å². The van der Waals surface area contributed by atoms with Gasteiger partial charge in [0.05, 0.1) is 0 Å². The number of aryl methyl sites for hydroxylation is 1. The highest BCUT2D eigenvalue weighted by atomic mass is 19.4. The van der Waals surface area contributed by atoms with E-state index in [0.29, 0.717) is 0 Å². The van der Waals surface area contributed by atoms with E-state index in [4.69, 9.17) is 5.73 Å². The first-order chi connectivity index (χ1) is 8.62. The Kier molecular flexibility index (Phi) is 3.22. The molecule has 0 spiro atoms. The van der Waals surface area contributed by atoms with E-state index in [-0.39, 0.29) is 24.2 Å². The highest BCUT2D eigenvalue weighted by Gasteiger charge is 2.43. The number of alkyl halides is 5. The van der Waals surface area contributed by atoms with Crippen molar-refractivity contribution in [1.82, 2.24) is 9.78 Å². The first kappa shape index (κ1) is 14.1. The van der Waals surface area contributed by atoms with Crippen molar-refractivity contribution >= 4 is 5.82 Å². The lowest BCUT2D eigenvalue weighted by Gasteiger charge is -2.28. The van der Waals surface area contributed by atoms with Crippen LogP contribution < -0.4 is 5.73 Å². The Labute approximate surface area is 106 Å². The summed E-state index contributed by atoms with van der Waals surface area (Å²) in [7, 11) is 1.31. The Morgan fingerprint density at radius 2 is 1.79 bits per heavy atom. The van der Waals surface area contributed by atoms with Crippen molar-refractivity contribution in [3.8, 4) is 0 Å². The van der Waals surface area contributed by atoms with Crippen molar-refractivity contribution < 1.29 is 22.0 Å². The molecular formula is C11H14F5N3. The molecule has 0 saturated heterocycles. The predicted molar refractivity (Wildman–Crippen MR) is 58.8 cm³/mol. The van der Waals surface area contributed by atoms with Gasteiger partial charge >= 0.3 is 6.18 Å². The van der Waals surface area contributed by atoms with E-state index < -0.39 is 36.6 Å². The molecule has 0 radical (unpaired) electrons. The van der Waals surface area contributed by atoms with Crippen LogP contribution in [0.1, 0.15) is 42.9 Å². The van der Waals surface area contributed by atoms with E-state index in [1.807, 2.05) is 0 Å². The number of anilines is 1. The molecule has 0 atom stereocenters. The molecule has 108 valence electrons. The smallest absolute Gasteiger partial charge is 0.384 e. The van der Waals surface area contributed by atoms with Crippen LogP contribution >= 0.6 is 0 Å². The quantitative estimate of drug-likeness (QED) is 0.803. The maximum Gasteiger partial charge on any atom is 0.435 e. The second kappa shape index (κ2) is 4.35. The highest BCUT2D eigenvalue weighted by Crippen LogP contribution is 2.46. The van der Waals surface area contributed by atoms with E-state index in [1.165, 1.54) is 7.05 Å². The van der Waals surface area contributed by atoms with Crippen LogP contribution in [0, 0.1) is 0 Å². The standard InChI is InChI=1S/C11H14F5N3/c1-19-9(17)7(8(18-19)11(14,15)16)6-2-4-10(12,13)5-3-6/h6H,2-5,17H2,1H3. The molecule has 19 heavy (non-hydrogen) atoms. The summed E-state index contributed by atoms with van der Waals surface area (Å²) in [5.41, 5.74) is 4.42. The van der Waals surface area contributed by atoms with Gasteiger partial charge in [0.2, 0.25) is 5.92 Å². The van der Waals surface area contributed by atoms with Gasteiger partial charge in [-0.05, 0) is 18.8 Å². The van der Waals surface area contributed by atoms with Gasteiger partial charge in [0.15, 0.2) is 5.69 Å². The molecule has 1 aliphatic rings. The largest absolute Gasteiger partial charge is 0.435 e. The van der Waals surface area contributed by atoms with Gasteiger partial charge in [0.1, 0.15) is 5.82 Å². The minimum Gasteiger partial charge on any atom is -0.384 e. The summed E-state index contributed by atoms with van der Waals surface area (Å²) in [6, 6.07) is 0. The monoisotopic (exact) mass is 283 g/mol. The SMILES string of the molecule is Cn1nc(C(F)(F)F)c(C2CCC(F)(F)CC2)c1N. The van der Waals surface area contributed by atoms with Crippen LogP contribution in [0.25, 0.3) is 0 Å². The molecule has 0 amide bonds. The summed E-state index contributed by atoms with van der Waals surface area (Å²) in [5, 5.41) is 3.37. The van der Waals surface area contributed by atoms with Gasteiger partial charge in [-0.2, -0.15) is 18.3 Å². The second-order valence-electron chi connectivity index (χ2n) is 4.90. The van der Waals surface area contributed by atoms with Crippen LogP contribution in [0.2, 0.25) is 0 Å². The lowest BCUT2D eigenvalue weighted by molar-refractivity contribution is -0.142. The van der Waals surface area contributed by atoms with Crippen LogP contribution in [-0.2, 0) is 13.2 Å². The van der Waals surface area contributed by atoms with Gasteiger partial charge in [-0.1, -0.05) is 0 Å². The average molecular weight is 283 g/mol. The van der Waals surface area contributed by atoms with E-state index >= 15 is 0 Å². The normalized spacial score (nSPS) is 20.7. The molecule has 0 aliphatic heterocycles. The summed E-state index contributed by atoms with van der Waals surface area (Å²) in [6.45, 7) is 0. The van der Waals surface area contributed by atoms with Crippen LogP contribution in [0.4, 0.5) is 27.8 Å². The van der Waals surface area contributed by atoms with Crippen molar-refractivity contribution in [1.29, 1.82) is 0 Å². The summed E-state index contributed by atoms with van der Waals surface area (Å²) < 4.78 is 65.7. The second-order valence-corrected chi connectivity index (χ2v) is 4.90. The molecule has 0 unspecified atom stereocenters. The third-order valence-electron chi connectivity index (χ3n) is 3.52. The van der Waals surface area contributed by atoms with Gasteiger partial charge in [-0.3, -0.25) is 4.68 Å². The topological polar surface area (TPSA) is 43.8 Å². The fourth-order valence-corrected chi connectivity index (χ4v) is 2.49. The molecule has 1 heterocycles. The first-order valence-electron chi connectivity index (χ1n) is 5.89. The number of nitrogens with zero attached hydrogens (tertiary/aromatic N) is 2. The zero-order valence-corrected chi connectivity index (χ0v) is 10.3. The molecule has 8 heteroatoms. The minimum atomic E-state index is -4.62. The number of nitrogen functional groups attached to an aromatic ring is 1. The van der Waals surface area contributed by atoms with Crippen LogP contribution in [0.15, 0.2) is 0 Å². The summed E-state index contributed by atoms with van der Waals surface area (Å²) >= 11 is 0. The maximum absolute atomic E-state index is 13.1. The minimum absolute atomic E-state index is 0.00796. The zero-order chi connectivity index (χ0) is 14.4. The summed E-state index contributed by atoms with van der Waals surface area (Å²) in [5.74, 6) is -3.49. The number of nitrogens with two attached hydrogens (primary N) is 1. The predicted octanol–water partition coefficient (Wildman–Crippen LogP) is 3.31. The molecular weight excluding hydrogens is 269 g/mol. The molecule has 0 bridgehead atoms. The van der Waals surface area contributed by atoms with Crippen molar-refractivity contribution in [2.75, 3.05) is 5.73 Å². The number of halogens is 5. The number of hydrogen-bond acceptors (Lipinski definition) is 2. The molecule has 1 aromatic rings. The Hall–Kier alpha value is -1.34. The third kappa shape index (κ3) is 2.66. The van der Waals surface area contributed by atoms with Crippen LogP contribution in [0.5, 0.6) is 0 Å². The molecule has 2 rings (SSSR count). The van der Waals surface area contributed by atoms with Gasteiger partial charge in [0.25, 0.3) is 0 Å². The molecule has 3 nitrogen and oxygen atoms in total. The average Bonchev–Trinajstić information content (AvgIpc) is 2.56. The fraction of sp³-hybridized carbons (Fsp3) is 0.727. The lowest BCUT2D eigenvalue weighted by atomic mass is 9.82. The van der Waals surface area contributed by atoms with E-state index in [0.717, 1.165) is 4.68 Å². The third-order valence-corrected chi connectivity index (χ3v) is 3.52. The van der Waals surface area contributed by atoms with Crippen LogP contribution in [0.3, 0.4) is 0 Å². The lowest BCUT2D eigenvalue weighted by Crippen LogP contribution is -2.25. The van der Waals surface area contributed by atoms with Gasteiger partial charge in [-0.15, -0.1) is 0 Å². The van der Waals surface area contributed by atoms with Gasteiger partial charge in [-0.25, -0.2) is 8.78 Å². The summed E-state index contributed by atoms with van der Waals surface area (Å²) in [4.78, 5) is 0. The Morgan fingerprint density at radius 1 is 1.26 bits per heavy atom. The fourth-order valence-electron chi connectivity index (χ4n) is 2.49. The molecule has 0 aromatic carbocycles. The molecule has 2 N–H and O–H groups in total. The van der Waals surface area contributed by atoms with Gasteiger partial charge < -0.3 is 5.73 Å². The number of aromatic nitrogens is 2. The summed E-state index contributed by atoms with van der Waals surface area (Å²) in [6.07, 6.45) is -5.46. The van der Waals surface area contributed by atoms with Crippen LogP contribution in [-0.4, -0.2) is 15.7 Å². The van der Waals surface area contributed by atoms with E-state index in [1.54, 1.807) is 0 Å². The van der Waals surface area contributed by atoms with Crippen molar-refractivity contribution in [2.24, 2.45) is 7.05 Å². The highest BCUT2D eigenvalue weighted by molar-refractivity contribution is 5.47. The van der Waals surface area contributed by atoms with Crippen molar-refractivity contribution in [3.63, 3.8) is 0 Å². The Balaban J connectivity index is 2.35. The Bertz CT molecular complexity index is 467. The van der Waals surface area contributed by atoms with Crippen molar-refractivity contribution in [3.05, 3.63) is 11.3 Å². The zero-order valence-electron chi connectivity index (χ0n) is 10.3. The van der Waals surface area contributed by atoms with E-state index in [2.05, 4.69) is 5.10 Å². The number of hydrogen-bond donors (Lipinski definition) is 1. The first-order valence-corrected chi connectivity index (χ1v) is 5.89. The molecule has 1 saturated carbocycles. The Morgan fingerprint density at radius 3 is 2.26 bits per heavy atom. The van der Waals surface area contributed by atoms with E-state index in [9.17, 15) is 22.0 Å². The molecule has 1 fully saturated rings. The maximum atomic E-state index is 13.1. The van der Waals surface area contributed by atoms with Crippen molar-refractivity contribution in [2.45, 2.75) is 43.7 Å². The molecule has 1 aromatic heterocycles.